The van der Waals surface area contributed by atoms with Crippen LogP contribution in [0.1, 0.15) is 23.9 Å². The molecule has 2 N–H and O–H groups in total. The van der Waals surface area contributed by atoms with Crippen molar-refractivity contribution in [3.05, 3.63) is 53.1 Å². The smallest absolute Gasteiger partial charge is 0.221 e. The van der Waals surface area contributed by atoms with Crippen LogP contribution in [0, 0.1) is 0 Å². The third-order valence-corrected chi connectivity index (χ3v) is 4.94. The highest BCUT2D eigenvalue weighted by Crippen LogP contribution is 2.20. The highest BCUT2D eigenvalue weighted by molar-refractivity contribution is 6.31. The van der Waals surface area contributed by atoms with Crippen molar-refractivity contribution in [1.29, 1.82) is 0 Å². The van der Waals surface area contributed by atoms with Crippen LogP contribution in [-0.4, -0.2) is 46.5 Å². The van der Waals surface area contributed by atoms with Crippen molar-refractivity contribution < 1.29 is 4.79 Å². The van der Waals surface area contributed by atoms with Crippen LogP contribution in [0.5, 0.6) is 0 Å². The number of nitrogens with zero attached hydrogens (tertiary/aromatic N) is 3. The summed E-state index contributed by atoms with van der Waals surface area (Å²) in [6.07, 6.45) is 4.24. The van der Waals surface area contributed by atoms with Gasteiger partial charge in [-0.05, 0) is 11.6 Å². The molecular formula is C18H25Cl2N5O. The SMILES string of the molecule is Cl.Cn1ccnc1C1CNCCN1CCC(=O)NCc1ccccc1Cl. The quantitative estimate of drug-likeness (QED) is 0.783. The molecule has 0 radical (unpaired) electrons. The fourth-order valence-electron chi connectivity index (χ4n) is 3.14. The molecule has 1 unspecified atom stereocenters. The Bertz CT molecular complexity index is 721. The average Bonchev–Trinajstić information content (AvgIpc) is 3.05. The van der Waals surface area contributed by atoms with Gasteiger partial charge in [-0.1, -0.05) is 29.8 Å². The van der Waals surface area contributed by atoms with Crippen LogP contribution in [0.2, 0.25) is 5.02 Å². The maximum atomic E-state index is 12.2. The second kappa shape index (κ2) is 9.92. The van der Waals surface area contributed by atoms with Crippen molar-refractivity contribution >= 4 is 29.9 Å². The van der Waals surface area contributed by atoms with E-state index in [1.165, 1.54) is 0 Å². The van der Waals surface area contributed by atoms with Gasteiger partial charge >= 0.3 is 0 Å². The van der Waals surface area contributed by atoms with Gasteiger partial charge in [0.25, 0.3) is 0 Å². The summed E-state index contributed by atoms with van der Waals surface area (Å²) in [5.74, 6) is 1.07. The van der Waals surface area contributed by atoms with Gasteiger partial charge in [0.05, 0.1) is 6.04 Å². The number of halogens is 2. The molecule has 0 aliphatic carbocycles. The molecule has 1 aliphatic heterocycles. The van der Waals surface area contributed by atoms with E-state index in [9.17, 15) is 4.79 Å². The third-order valence-electron chi connectivity index (χ3n) is 4.57. The van der Waals surface area contributed by atoms with Gasteiger partial charge in [0.2, 0.25) is 5.91 Å². The van der Waals surface area contributed by atoms with E-state index in [0.29, 0.717) is 24.5 Å². The van der Waals surface area contributed by atoms with Crippen LogP contribution >= 0.6 is 24.0 Å². The summed E-state index contributed by atoms with van der Waals surface area (Å²) >= 11 is 6.12. The molecule has 0 spiro atoms. The van der Waals surface area contributed by atoms with Gasteiger partial charge in [0.1, 0.15) is 5.82 Å². The van der Waals surface area contributed by atoms with Crippen molar-refractivity contribution in [3.63, 3.8) is 0 Å². The molecule has 2 aromatic rings. The van der Waals surface area contributed by atoms with E-state index in [-0.39, 0.29) is 24.4 Å². The first-order valence-corrected chi connectivity index (χ1v) is 8.95. The van der Waals surface area contributed by atoms with Crippen LogP contribution in [-0.2, 0) is 18.4 Å². The Morgan fingerprint density at radius 3 is 2.96 bits per heavy atom. The van der Waals surface area contributed by atoms with Crippen LogP contribution in [0.3, 0.4) is 0 Å². The highest BCUT2D eigenvalue weighted by atomic mass is 35.5. The van der Waals surface area contributed by atoms with Gasteiger partial charge in [-0.2, -0.15) is 0 Å². The zero-order chi connectivity index (χ0) is 17.6. The molecule has 26 heavy (non-hydrogen) atoms. The van der Waals surface area contributed by atoms with Crippen molar-refractivity contribution in [2.24, 2.45) is 7.05 Å². The largest absolute Gasteiger partial charge is 0.352 e. The number of carbonyl (C=O) groups excluding carboxylic acids is 1. The number of rotatable bonds is 6. The van der Waals surface area contributed by atoms with Crippen molar-refractivity contribution in [1.82, 2.24) is 25.1 Å². The average molecular weight is 398 g/mol. The van der Waals surface area contributed by atoms with E-state index >= 15 is 0 Å². The lowest BCUT2D eigenvalue weighted by atomic mass is 10.1. The summed E-state index contributed by atoms with van der Waals surface area (Å²) in [6, 6.07) is 7.77. The molecule has 1 aliphatic rings. The molecule has 2 heterocycles. The molecule has 3 rings (SSSR count). The lowest BCUT2D eigenvalue weighted by Crippen LogP contribution is -2.47. The Balaban J connectivity index is 0.00000243. The molecule has 1 amide bonds. The van der Waals surface area contributed by atoms with E-state index in [1.807, 2.05) is 48.3 Å². The predicted molar refractivity (Wildman–Crippen MR) is 106 cm³/mol. The first-order valence-electron chi connectivity index (χ1n) is 8.57. The summed E-state index contributed by atoms with van der Waals surface area (Å²) in [5, 5.41) is 7.04. The number of nitrogens with one attached hydrogen (secondary N) is 2. The van der Waals surface area contributed by atoms with E-state index < -0.39 is 0 Å². The van der Waals surface area contributed by atoms with E-state index in [4.69, 9.17) is 11.6 Å². The number of carbonyl (C=O) groups is 1. The molecule has 0 saturated carbocycles. The van der Waals surface area contributed by atoms with Crippen LogP contribution < -0.4 is 10.6 Å². The first kappa shape index (κ1) is 20.7. The van der Waals surface area contributed by atoms with Crippen molar-refractivity contribution in [2.75, 3.05) is 26.2 Å². The molecule has 1 atom stereocenters. The zero-order valence-corrected chi connectivity index (χ0v) is 16.4. The van der Waals surface area contributed by atoms with Crippen molar-refractivity contribution in [2.45, 2.75) is 19.0 Å². The number of benzene rings is 1. The Labute approximate surface area is 165 Å². The van der Waals surface area contributed by atoms with Crippen LogP contribution in [0.4, 0.5) is 0 Å². The molecule has 6 nitrogen and oxygen atoms in total. The Morgan fingerprint density at radius 2 is 2.23 bits per heavy atom. The van der Waals surface area contributed by atoms with Gasteiger partial charge in [-0.3, -0.25) is 9.69 Å². The summed E-state index contributed by atoms with van der Waals surface area (Å²) in [7, 11) is 2.01. The van der Waals surface area contributed by atoms with E-state index in [1.54, 1.807) is 0 Å². The fraction of sp³-hybridized carbons (Fsp3) is 0.444. The predicted octanol–water partition coefficient (Wildman–Crippen LogP) is 2.15. The third kappa shape index (κ3) is 5.20. The lowest BCUT2D eigenvalue weighted by molar-refractivity contribution is -0.121. The second-order valence-electron chi connectivity index (χ2n) is 6.27. The lowest BCUT2D eigenvalue weighted by Gasteiger charge is -2.35. The summed E-state index contributed by atoms with van der Waals surface area (Å²) in [6.45, 7) is 3.87. The standard InChI is InChI=1S/C18H24ClN5O.ClH/c1-23-10-8-21-18(23)16-13-20-7-11-24(16)9-6-17(25)22-12-14-4-2-3-5-15(14)19;/h2-5,8,10,16,20H,6-7,9,11-13H2,1H3,(H,22,25);1H. The van der Waals surface area contributed by atoms with Gasteiger partial charge in [-0.25, -0.2) is 4.98 Å². The summed E-state index contributed by atoms with van der Waals surface area (Å²) in [5.41, 5.74) is 0.936. The number of hydrogen-bond donors (Lipinski definition) is 2. The Hall–Kier alpha value is -1.60. The number of amides is 1. The van der Waals surface area contributed by atoms with Gasteiger partial charge in [0.15, 0.2) is 0 Å². The molecule has 1 aromatic heterocycles. The number of aromatic nitrogens is 2. The second-order valence-corrected chi connectivity index (χ2v) is 6.68. The monoisotopic (exact) mass is 397 g/mol. The minimum Gasteiger partial charge on any atom is -0.352 e. The van der Waals surface area contributed by atoms with Gasteiger partial charge < -0.3 is 15.2 Å². The van der Waals surface area contributed by atoms with Crippen LogP contribution in [0.15, 0.2) is 36.7 Å². The minimum absolute atomic E-state index is 0. The molecular weight excluding hydrogens is 373 g/mol. The fourth-order valence-corrected chi connectivity index (χ4v) is 3.34. The normalized spacial score (nSPS) is 17.5. The topological polar surface area (TPSA) is 62.2 Å². The molecule has 142 valence electrons. The zero-order valence-electron chi connectivity index (χ0n) is 14.8. The van der Waals surface area contributed by atoms with Crippen molar-refractivity contribution in [3.8, 4) is 0 Å². The molecule has 1 aromatic carbocycles. The molecule has 1 saturated heterocycles. The number of imidazole rings is 1. The van der Waals surface area contributed by atoms with Gasteiger partial charge in [-0.15, -0.1) is 12.4 Å². The number of piperazine rings is 1. The molecule has 0 bridgehead atoms. The highest BCUT2D eigenvalue weighted by Gasteiger charge is 2.26. The maximum Gasteiger partial charge on any atom is 0.221 e. The van der Waals surface area contributed by atoms with E-state index in [0.717, 1.165) is 31.0 Å². The summed E-state index contributed by atoms with van der Waals surface area (Å²) in [4.78, 5) is 19.0. The maximum absolute atomic E-state index is 12.2. The molecule has 8 heteroatoms. The Kier molecular flexibility index (Phi) is 7.90. The summed E-state index contributed by atoms with van der Waals surface area (Å²) < 4.78 is 2.04. The number of hydrogen-bond acceptors (Lipinski definition) is 4. The van der Waals surface area contributed by atoms with Gasteiger partial charge in [0, 0.05) is 63.6 Å². The molecule has 1 fully saturated rings. The van der Waals surface area contributed by atoms with E-state index in [2.05, 4.69) is 20.5 Å². The van der Waals surface area contributed by atoms with Crippen LogP contribution in [0.25, 0.3) is 0 Å². The Morgan fingerprint density at radius 1 is 1.42 bits per heavy atom. The number of aryl methyl sites for hydroxylation is 1. The first-order chi connectivity index (χ1) is 12.1. The minimum atomic E-state index is 0.